The van der Waals surface area contributed by atoms with Crippen molar-refractivity contribution in [3.63, 3.8) is 0 Å². The number of thiophene rings is 1. The molecule has 0 radical (unpaired) electrons. The average molecular weight is 463 g/mol. The largest absolute Gasteiger partial charge is 0.435 e. The van der Waals surface area contributed by atoms with Crippen molar-refractivity contribution in [2.24, 2.45) is 4.99 Å². The van der Waals surface area contributed by atoms with Crippen LogP contribution in [0.4, 0.5) is 8.78 Å². The van der Waals surface area contributed by atoms with E-state index in [1.54, 1.807) is 16.8 Å². The lowest BCUT2D eigenvalue weighted by molar-refractivity contribution is -0.129. The Morgan fingerprint density at radius 3 is 2.67 bits per heavy atom. The first-order chi connectivity index (χ1) is 16.1. The highest BCUT2D eigenvalue weighted by Gasteiger charge is 2.26. The Kier molecular flexibility index (Phi) is 5.54. The lowest BCUT2D eigenvalue weighted by atomic mass is 10.2. The molecule has 2 aromatic heterocycles. The summed E-state index contributed by atoms with van der Waals surface area (Å²) >= 11 is 1.53. The topological polar surface area (TPSA) is 65.7 Å². The first kappa shape index (κ1) is 20.8. The zero-order valence-corrected chi connectivity index (χ0v) is 17.7. The molecule has 0 aliphatic carbocycles. The highest BCUT2D eigenvalue weighted by molar-refractivity contribution is 7.13. The van der Waals surface area contributed by atoms with Gasteiger partial charge in [-0.25, -0.2) is 14.5 Å². The summed E-state index contributed by atoms with van der Waals surface area (Å²) in [5.74, 6) is -0.684. The monoisotopic (exact) mass is 463 g/mol. The number of alkyl halides is 2. The number of aromatic nitrogens is 2. The van der Waals surface area contributed by atoms with Crippen LogP contribution >= 0.6 is 11.3 Å². The van der Waals surface area contributed by atoms with Crippen LogP contribution < -0.4 is 4.74 Å². The molecule has 6 nitrogen and oxygen atoms in total. The van der Waals surface area contributed by atoms with Crippen LogP contribution in [0.5, 0.6) is 5.75 Å². The molecule has 5 rings (SSSR count). The molecule has 0 spiro atoms. The van der Waals surface area contributed by atoms with E-state index in [1.165, 1.54) is 29.5 Å². The first-order valence-corrected chi connectivity index (χ1v) is 10.7. The highest BCUT2D eigenvalue weighted by atomic mass is 32.1. The van der Waals surface area contributed by atoms with E-state index in [4.69, 9.17) is 9.84 Å². The number of esters is 1. The van der Waals surface area contributed by atoms with Gasteiger partial charge in [0.1, 0.15) is 11.4 Å². The van der Waals surface area contributed by atoms with E-state index in [0.717, 1.165) is 10.6 Å². The summed E-state index contributed by atoms with van der Waals surface area (Å²) in [4.78, 5) is 17.7. The molecule has 9 heteroatoms. The Morgan fingerprint density at radius 2 is 1.91 bits per heavy atom. The molecule has 0 unspecified atom stereocenters. The van der Waals surface area contributed by atoms with E-state index in [1.807, 2.05) is 54.0 Å². The molecule has 33 heavy (non-hydrogen) atoms. The van der Waals surface area contributed by atoms with Crippen LogP contribution in [0.25, 0.3) is 22.3 Å². The zero-order valence-electron chi connectivity index (χ0n) is 16.9. The number of carbonyl (C=O) groups excluding carboxylic acids is 1. The third-order valence-corrected chi connectivity index (χ3v) is 5.61. The van der Waals surface area contributed by atoms with Gasteiger partial charge in [-0.3, -0.25) is 0 Å². The minimum atomic E-state index is -2.96. The van der Waals surface area contributed by atoms with Crippen molar-refractivity contribution in [2.75, 3.05) is 0 Å². The standard InChI is InChI=1S/C24H15F2N3O3S/c25-24(26)31-18-9-4-6-15(12-18)22-27-19(23(30)32-22)13-16-14-29(17-7-2-1-3-8-17)28-21(16)20-10-5-11-33-20/h1-14,24H/b19-13-. The number of aliphatic imine (C=N–C) groups is 1. The maximum Gasteiger partial charge on any atom is 0.387 e. The van der Waals surface area contributed by atoms with Crippen LogP contribution in [-0.4, -0.2) is 28.3 Å². The van der Waals surface area contributed by atoms with Crippen molar-refractivity contribution in [1.29, 1.82) is 0 Å². The van der Waals surface area contributed by atoms with Crippen molar-refractivity contribution < 1.29 is 23.0 Å². The Morgan fingerprint density at radius 1 is 1.06 bits per heavy atom. The van der Waals surface area contributed by atoms with E-state index >= 15 is 0 Å². The van der Waals surface area contributed by atoms with Gasteiger partial charge in [-0.2, -0.15) is 13.9 Å². The first-order valence-electron chi connectivity index (χ1n) is 9.83. The lowest BCUT2D eigenvalue weighted by Gasteiger charge is -2.05. The van der Waals surface area contributed by atoms with Crippen LogP contribution in [0.1, 0.15) is 11.1 Å². The number of benzene rings is 2. The highest BCUT2D eigenvalue weighted by Crippen LogP contribution is 2.30. The summed E-state index contributed by atoms with van der Waals surface area (Å²) in [6.45, 7) is -2.96. The maximum absolute atomic E-state index is 12.5. The van der Waals surface area contributed by atoms with Crippen molar-refractivity contribution >= 4 is 29.3 Å². The summed E-state index contributed by atoms with van der Waals surface area (Å²) in [6, 6.07) is 19.3. The Labute approximate surface area is 191 Å². The summed E-state index contributed by atoms with van der Waals surface area (Å²) < 4.78 is 36.5. The average Bonchev–Trinajstić information content (AvgIpc) is 3.55. The molecule has 1 aliphatic rings. The third-order valence-electron chi connectivity index (χ3n) is 4.74. The summed E-state index contributed by atoms with van der Waals surface area (Å²) in [5, 5.41) is 6.65. The second-order valence-corrected chi connectivity index (χ2v) is 7.88. The van der Waals surface area contributed by atoms with Crippen molar-refractivity contribution in [3.8, 4) is 22.0 Å². The molecular weight excluding hydrogens is 448 g/mol. The number of nitrogens with zero attached hydrogens (tertiary/aromatic N) is 3. The van der Waals surface area contributed by atoms with E-state index < -0.39 is 12.6 Å². The Bertz CT molecular complexity index is 1360. The second-order valence-electron chi connectivity index (χ2n) is 6.93. The molecule has 0 fully saturated rings. The predicted octanol–water partition coefficient (Wildman–Crippen LogP) is 5.55. The quantitative estimate of drug-likeness (QED) is 0.278. The van der Waals surface area contributed by atoms with Gasteiger partial charge in [-0.05, 0) is 47.9 Å². The van der Waals surface area contributed by atoms with Gasteiger partial charge in [0, 0.05) is 17.3 Å². The molecule has 4 aromatic rings. The van der Waals surface area contributed by atoms with Crippen LogP contribution in [0, 0.1) is 0 Å². The van der Waals surface area contributed by atoms with Gasteiger partial charge >= 0.3 is 12.6 Å². The summed E-state index contributed by atoms with van der Waals surface area (Å²) in [6.07, 6.45) is 3.42. The fraction of sp³-hybridized carbons (Fsp3) is 0.0417. The minimum Gasteiger partial charge on any atom is -0.435 e. The minimum absolute atomic E-state index is 0.0130. The number of hydrogen-bond donors (Lipinski definition) is 0. The fourth-order valence-corrected chi connectivity index (χ4v) is 4.03. The molecule has 1 aliphatic heterocycles. The van der Waals surface area contributed by atoms with Crippen molar-refractivity contribution in [2.45, 2.75) is 6.61 Å². The zero-order chi connectivity index (χ0) is 22.8. The molecule has 0 saturated carbocycles. The van der Waals surface area contributed by atoms with Crippen molar-refractivity contribution in [1.82, 2.24) is 9.78 Å². The number of hydrogen-bond acceptors (Lipinski definition) is 6. The maximum atomic E-state index is 12.5. The van der Waals surface area contributed by atoms with Crippen molar-refractivity contribution in [3.05, 3.63) is 95.1 Å². The number of para-hydroxylation sites is 1. The van der Waals surface area contributed by atoms with E-state index in [0.29, 0.717) is 16.8 Å². The predicted molar refractivity (Wildman–Crippen MR) is 121 cm³/mol. The number of halogens is 2. The van der Waals surface area contributed by atoms with Crippen LogP contribution in [0.3, 0.4) is 0 Å². The molecule has 3 heterocycles. The molecular formula is C24H15F2N3O3S. The fourth-order valence-electron chi connectivity index (χ4n) is 3.30. The molecule has 0 N–H and O–H groups in total. The van der Waals surface area contributed by atoms with Gasteiger partial charge in [0.25, 0.3) is 0 Å². The number of ether oxygens (including phenoxy) is 2. The number of carbonyl (C=O) groups is 1. The second kappa shape index (κ2) is 8.79. The SMILES string of the molecule is O=C1OC(c2cccc(OC(F)F)c2)=N/C1=C\c1cn(-c2ccccc2)nc1-c1cccs1. The summed E-state index contributed by atoms with van der Waals surface area (Å²) in [7, 11) is 0. The van der Waals surface area contributed by atoms with Gasteiger partial charge in [0.15, 0.2) is 5.70 Å². The molecule has 164 valence electrons. The van der Waals surface area contributed by atoms with Gasteiger partial charge < -0.3 is 9.47 Å². The Hall–Kier alpha value is -4.11. The van der Waals surface area contributed by atoms with E-state index in [-0.39, 0.29) is 17.3 Å². The molecule has 0 amide bonds. The van der Waals surface area contributed by atoms with Gasteiger partial charge in [0.05, 0.1) is 10.6 Å². The van der Waals surface area contributed by atoms with Crippen LogP contribution in [0.2, 0.25) is 0 Å². The smallest absolute Gasteiger partial charge is 0.387 e. The van der Waals surface area contributed by atoms with Gasteiger partial charge in [0.2, 0.25) is 5.90 Å². The Balaban J connectivity index is 1.53. The molecule has 0 bridgehead atoms. The molecule has 0 atom stereocenters. The van der Waals surface area contributed by atoms with E-state index in [2.05, 4.69) is 9.73 Å². The van der Waals surface area contributed by atoms with Gasteiger partial charge in [-0.15, -0.1) is 11.3 Å². The van der Waals surface area contributed by atoms with E-state index in [9.17, 15) is 13.6 Å². The third kappa shape index (κ3) is 4.44. The number of rotatable bonds is 6. The summed E-state index contributed by atoms with van der Waals surface area (Å²) in [5.41, 5.74) is 2.69. The van der Waals surface area contributed by atoms with Crippen LogP contribution in [-0.2, 0) is 9.53 Å². The van der Waals surface area contributed by atoms with Crippen LogP contribution in [0.15, 0.2) is 89.0 Å². The molecule has 2 aromatic carbocycles. The molecule has 0 saturated heterocycles. The lowest BCUT2D eigenvalue weighted by Crippen LogP contribution is -2.07. The van der Waals surface area contributed by atoms with Gasteiger partial charge in [-0.1, -0.05) is 30.3 Å². The number of cyclic esters (lactones) is 1. The normalized spacial score (nSPS) is 14.6.